The monoisotopic (exact) mass is 232 g/mol. The molecule has 1 heterocycles. The predicted octanol–water partition coefficient (Wildman–Crippen LogP) is 1.82. The fourth-order valence-electron chi connectivity index (χ4n) is 2.35. The summed E-state index contributed by atoms with van der Waals surface area (Å²) in [5, 5.41) is 3.28. The third-order valence-electron chi connectivity index (χ3n) is 3.57. The van der Waals surface area contributed by atoms with Crippen LogP contribution in [0.4, 0.5) is 0 Å². The molecule has 1 fully saturated rings. The number of hydrogen-bond donors (Lipinski definition) is 1. The number of piperidine rings is 1. The van der Waals surface area contributed by atoms with Crippen LogP contribution in [0.1, 0.15) is 28.8 Å². The predicted molar refractivity (Wildman–Crippen MR) is 69.2 cm³/mol. The Morgan fingerprint density at radius 1 is 1.29 bits per heavy atom. The Morgan fingerprint density at radius 2 is 1.94 bits per heavy atom. The van der Waals surface area contributed by atoms with Gasteiger partial charge < -0.3 is 10.2 Å². The Morgan fingerprint density at radius 3 is 2.53 bits per heavy atom. The van der Waals surface area contributed by atoms with Crippen molar-refractivity contribution in [1.82, 2.24) is 10.2 Å². The van der Waals surface area contributed by atoms with Gasteiger partial charge in [-0.15, -0.1) is 0 Å². The van der Waals surface area contributed by atoms with Gasteiger partial charge in [0.15, 0.2) is 0 Å². The normalized spacial score (nSPS) is 17.2. The fourth-order valence-corrected chi connectivity index (χ4v) is 2.35. The van der Waals surface area contributed by atoms with Crippen molar-refractivity contribution in [3.05, 3.63) is 35.4 Å². The number of rotatable bonds is 2. The molecule has 1 N–H and O–H groups in total. The second-order valence-electron chi connectivity index (χ2n) is 4.67. The van der Waals surface area contributed by atoms with Gasteiger partial charge in [-0.3, -0.25) is 4.79 Å². The van der Waals surface area contributed by atoms with E-state index < -0.39 is 0 Å². The zero-order valence-electron chi connectivity index (χ0n) is 10.6. The minimum absolute atomic E-state index is 0.178. The van der Waals surface area contributed by atoms with Crippen LogP contribution in [-0.2, 0) is 0 Å². The molecule has 1 aromatic carbocycles. The molecule has 3 nitrogen and oxygen atoms in total. The lowest BCUT2D eigenvalue weighted by atomic mass is 10.0. The van der Waals surface area contributed by atoms with E-state index in [-0.39, 0.29) is 5.91 Å². The van der Waals surface area contributed by atoms with Gasteiger partial charge in [-0.1, -0.05) is 18.2 Å². The van der Waals surface area contributed by atoms with Gasteiger partial charge in [0.05, 0.1) is 0 Å². The first-order chi connectivity index (χ1) is 8.22. The Balaban J connectivity index is 2.04. The van der Waals surface area contributed by atoms with Gasteiger partial charge in [-0.2, -0.15) is 0 Å². The first-order valence-electron chi connectivity index (χ1n) is 6.24. The summed E-state index contributed by atoms with van der Waals surface area (Å²) in [4.78, 5) is 14.3. The average molecular weight is 232 g/mol. The maximum Gasteiger partial charge on any atom is 0.254 e. The van der Waals surface area contributed by atoms with E-state index in [1.807, 2.05) is 43.1 Å². The molecule has 92 valence electrons. The summed E-state index contributed by atoms with van der Waals surface area (Å²) in [7, 11) is 1.99. The molecule has 17 heavy (non-hydrogen) atoms. The highest BCUT2D eigenvalue weighted by atomic mass is 16.2. The molecule has 0 saturated carbocycles. The smallest absolute Gasteiger partial charge is 0.254 e. The molecule has 0 aliphatic carbocycles. The van der Waals surface area contributed by atoms with Crippen molar-refractivity contribution in [2.24, 2.45) is 0 Å². The minimum Gasteiger partial charge on any atom is -0.339 e. The van der Waals surface area contributed by atoms with Crippen molar-refractivity contribution >= 4 is 5.91 Å². The van der Waals surface area contributed by atoms with E-state index >= 15 is 0 Å². The van der Waals surface area contributed by atoms with E-state index in [0.29, 0.717) is 6.04 Å². The molecule has 0 radical (unpaired) electrons. The fraction of sp³-hybridized carbons (Fsp3) is 0.500. The van der Waals surface area contributed by atoms with Crippen LogP contribution in [0.3, 0.4) is 0 Å². The number of likely N-dealkylation sites (tertiary alicyclic amines) is 1. The zero-order chi connectivity index (χ0) is 12.3. The number of amides is 1. The maximum atomic E-state index is 12.3. The molecule has 1 aliphatic rings. The number of hydrogen-bond acceptors (Lipinski definition) is 2. The van der Waals surface area contributed by atoms with Crippen molar-refractivity contribution in [2.45, 2.75) is 25.8 Å². The zero-order valence-corrected chi connectivity index (χ0v) is 10.6. The first-order valence-corrected chi connectivity index (χ1v) is 6.24. The standard InChI is InChI=1S/C14H20N2O/c1-11-5-3-4-6-13(11)14(17)16-9-7-12(15-2)8-10-16/h3-6,12,15H,7-10H2,1-2H3. The second kappa shape index (κ2) is 5.32. The van der Waals surface area contributed by atoms with Crippen LogP contribution in [0.15, 0.2) is 24.3 Å². The summed E-state index contributed by atoms with van der Waals surface area (Å²) in [6, 6.07) is 8.38. The maximum absolute atomic E-state index is 12.3. The van der Waals surface area contributed by atoms with Crippen molar-refractivity contribution in [3.8, 4) is 0 Å². The summed E-state index contributed by atoms with van der Waals surface area (Å²) in [6.45, 7) is 3.71. The topological polar surface area (TPSA) is 32.3 Å². The van der Waals surface area contributed by atoms with Gasteiger partial charge in [0.25, 0.3) is 5.91 Å². The van der Waals surface area contributed by atoms with Crippen LogP contribution in [0.5, 0.6) is 0 Å². The minimum atomic E-state index is 0.178. The number of nitrogens with one attached hydrogen (secondary N) is 1. The van der Waals surface area contributed by atoms with Crippen LogP contribution in [0.25, 0.3) is 0 Å². The van der Waals surface area contributed by atoms with Crippen LogP contribution >= 0.6 is 0 Å². The van der Waals surface area contributed by atoms with Crippen LogP contribution < -0.4 is 5.32 Å². The number of carbonyl (C=O) groups is 1. The first kappa shape index (κ1) is 12.1. The number of benzene rings is 1. The van der Waals surface area contributed by atoms with E-state index in [0.717, 1.165) is 37.1 Å². The molecule has 3 heteroatoms. The molecular weight excluding hydrogens is 212 g/mol. The van der Waals surface area contributed by atoms with E-state index in [1.54, 1.807) is 0 Å². The van der Waals surface area contributed by atoms with Crippen molar-refractivity contribution in [3.63, 3.8) is 0 Å². The third-order valence-corrected chi connectivity index (χ3v) is 3.57. The van der Waals surface area contributed by atoms with E-state index in [1.165, 1.54) is 0 Å². The number of carbonyl (C=O) groups excluding carboxylic acids is 1. The summed E-state index contributed by atoms with van der Waals surface area (Å²) in [5.41, 5.74) is 1.91. The Bertz CT molecular complexity index is 395. The molecule has 0 spiro atoms. The lowest BCUT2D eigenvalue weighted by molar-refractivity contribution is 0.0706. The quantitative estimate of drug-likeness (QED) is 0.843. The van der Waals surface area contributed by atoms with Gasteiger partial charge >= 0.3 is 0 Å². The molecule has 1 aromatic rings. The molecule has 0 aromatic heterocycles. The van der Waals surface area contributed by atoms with Gasteiger partial charge in [0.2, 0.25) is 0 Å². The highest BCUT2D eigenvalue weighted by molar-refractivity contribution is 5.95. The van der Waals surface area contributed by atoms with Gasteiger partial charge in [0.1, 0.15) is 0 Å². The number of nitrogens with zero attached hydrogens (tertiary/aromatic N) is 1. The van der Waals surface area contributed by atoms with Gasteiger partial charge in [-0.05, 0) is 38.4 Å². The van der Waals surface area contributed by atoms with Gasteiger partial charge in [-0.25, -0.2) is 0 Å². The molecule has 0 atom stereocenters. The molecule has 1 amide bonds. The molecule has 0 bridgehead atoms. The molecule has 2 rings (SSSR count). The van der Waals surface area contributed by atoms with Crippen molar-refractivity contribution in [2.75, 3.05) is 20.1 Å². The lowest BCUT2D eigenvalue weighted by Gasteiger charge is -2.32. The van der Waals surface area contributed by atoms with Crippen molar-refractivity contribution in [1.29, 1.82) is 0 Å². The molecule has 1 saturated heterocycles. The largest absolute Gasteiger partial charge is 0.339 e. The number of aryl methyl sites for hydroxylation is 1. The SMILES string of the molecule is CNC1CCN(C(=O)c2ccccc2C)CC1. The highest BCUT2D eigenvalue weighted by Gasteiger charge is 2.23. The van der Waals surface area contributed by atoms with E-state index in [4.69, 9.17) is 0 Å². The molecule has 0 unspecified atom stereocenters. The van der Waals surface area contributed by atoms with Crippen molar-refractivity contribution < 1.29 is 4.79 Å². The Kier molecular flexibility index (Phi) is 3.79. The molecule has 1 aliphatic heterocycles. The van der Waals surface area contributed by atoms with E-state index in [9.17, 15) is 4.79 Å². The Hall–Kier alpha value is -1.35. The van der Waals surface area contributed by atoms with E-state index in [2.05, 4.69) is 5.32 Å². The third kappa shape index (κ3) is 2.67. The summed E-state index contributed by atoms with van der Waals surface area (Å²) < 4.78 is 0. The molecular formula is C14H20N2O. The second-order valence-corrected chi connectivity index (χ2v) is 4.67. The van der Waals surface area contributed by atoms with Crippen LogP contribution in [0, 0.1) is 6.92 Å². The average Bonchev–Trinajstić information content (AvgIpc) is 2.39. The van der Waals surface area contributed by atoms with Crippen LogP contribution in [0.2, 0.25) is 0 Å². The van der Waals surface area contributed by atoms with Gasteiger partial charge in [0, 0.05) is 24.7 Å². The summed E-state index contributed by atoms with van der Waals surface area (Å²) in [6.07, 6.45) is 2.10. The Labute approximate surface area is 103 Å². The summed E-state index contributed by atoms with van der Waals surface area (Å²) >= 11 is 0. The highest BCUT2D eigenvalue weighted by Crippen LogP contribution is 2.15. The lowest BCUT2D eigenvalue weighted by Crippen LogP contribution is -2.44. The summed E-state index contributed by atoms with van der Waals surface area (Å²) in [5.74, 6) is 0.178. The van der Waals surface area contributed by atoms with Crippen LogP contribution in [-0.4, -0.2) is 37.0 Å².